The predicted octanol–water partition coefficient (Wildman–Crippen LogP) is 4.79. The summed E-state index contributed by atoms with van der Waals surface area (Å²) in [6.07, 6.45) is 0. The van der Waals surface area contributed by atoms with Gasteiger partial charge in [0.25, 0.3) is 0 Å². The first kappa shape index (κ1) is 14.2. The zero-order valence-electron chi connectivity index (χ0n) is 10.8. The highest BCUT2D eigenvalue weighted by Gasteiger charge is 2.05. The van der Waals surface area contributed by atoms with Crippen LogP contribution in [-0.4, -0.2) is 0 Å². The van der Waals surface area contributed by atoms with Gasteiger partial charge in [0, 0.05) is 22.0 Å². The van der Waals surface area contributed by atoms with Crippen LogP contribution in [0.4, 0.5) is 0 Å². The van der Waals surface area contributed by atoms with E-state index in [1.54, 1.807) is 18.2 Å². The maximum Gasteiger partial charge on any atom is 0.337 e. The van der Waals surface area contributed by atoms with Crippen LogP contribution in [0.15, 0.2) is 62.2 Å². The number of ether oxygens (including phenoxy) is 1. The second kappa shape index (κ2) is 5.92. The molecule has 3 aromatic rings. The summed E-state index contributed by atoms with van der Waals surface area (Å²) >= 11 is 9.38. The summed E-state index contributed by atoms with van der Waals surface area (Å²) in [5, 5.41) is 1.06. The van der Waals surface area contributed by atoms with Crippen molar-refractivity contribution in [2.24, 2.45) is 0 Å². The van der Waals surface area contributed by atoms with Crippen molar-refractivity contribution >= 4 is 38.5 Å². The molecule has 0 radical (unpaired) electrons. The Morgan fingerprint density at radius 3 is 2.62 bits per heavy atom. The van der Waals surface area contributed by atoms with Crippen LogP contribution in [0.5, 0.6) is 5.75 Å². The molecule has 1 aromatic heterocycles. The van der Waals surface area contributed by atoms with E-state index in [1.807, 2.05) is 24.3 Å². The van der Waals surface area contributed by atoms with E-state index in [0.717, 1.165) is 10.0 Å². The number of benzene rings is 2. The minimum Gasteiger partial charge on any atom is -0.489 e. The van der Waals surface area contributed by atoms with Crippen molar-refractivity contribution < 1.29 is 9.15 Å². The highest BCUT2D eigenvalue weighted by molar-refractivity contribution is 9.10. The highest BCUT2D eigenvalue weighted by atomic mass is 79.9. The lowest BCUT2D eigenvalue weighted by Crippen LogP contribution is -1.98. The van der Waals surface area contributed by atoms with Gasteiger partial charge in [0.15, 0.2) is 0 Å². The Kier molecular flexibility index (Phi) is 3.99. The first-order chi connectivity index (χ1) is 10.1. The number of hydrogen-bond acceptors (Lipinski definition) is 3. The van der Waals surface area contributed by atoms with Gasteiger partial charge in [0.2, 0.25) is 0 Å². The Morgan fingerprint density at radius 1 is 1.10 bits per heavy atom. The van der Waals surface area contributed by atoms with E-state index < -0.39 is 5.63 Å². The van der Waals surface area contributed by atoms with Gasteiger partial charge in [-0.2, -0.15) is 0 Å². The van der Waals surface area contributed by atoms with E-state index in [4.69, 9.17) is 20.8 Å². The van der Waals surface area contributed by atoms with Crippen molar-refractivity contribution in [2.75, 3.05) is 0 Å². The van der Waals surface area contributed by atoms with Gasteiger partial charge in [-0.15, -0.1) is 0 Å². The van der Waals surface area contributed by atoms with E-state index in [-0.39, 0.29) is 0 Å². The van der Waals surface area contributed by atoms with Crippen LogP contribution in [0.25, 0.3) is 11.0 Å². The summed E-state index contributed by atoms with van der Waals surface area (Å²) in [7, 11) is 0. The third-order valence-corrected chi connectivity index (χ3v) is 3.83. The van der Waals surface area contributed by atoms with Gasteiger partial charge >= 0.3 is 5.63 Å². The summed E-state index contributed by atoms with van der Waals surface area (Å²) in [5.74, 6) is 0.621. The fourth-order valence-electron chi connectivity index (χ4n) is 1.94. The molecule has 0 saturated carbocycles. The molecular weight excluding hydrogens is 356 g/mol. The molecule has 106 valence electrons. The third kappa shape index (κ3) is 3.28. The molecule has 0 spiro atoms. The fourth-order valence-corrected chi connectivity index (χ4v) is 2.45. The van der Waals surface area contributed by atoms with Crippen LogP contribution in [0.1, 0.15) is 5.56 Å². The SMILES string of the molecule is O=c1cc(Cl)c2ccc(OCc3ccc(Br)cc3)cc2o1. The van der Waals surface area contributed by atoms with Crippen LogP contribution in [-0.2, 0) is 6.61 Å². The summed E-state index contributed by atoms with van der Waals surface area (Å²) in [6, 6.07) is 14.4. The second-order valence-electron chi connectivity index (χ2n) is 4.49. The molecule has 0 unspecified atom stereocenters. The van der Waals surface area contributed by atoms with Gasteiger partial charge in [-0.1, -0.05) is 39.7 Å². The van der Waals surface area contributed by atoms with E-state index >= 15 is 0 Å². The standard InChI is InChI=1S/C16H10BrClO3/c17-11-3-1-10(2-4-11)9-20-12-5-6-13-14(18)8-16(19)21-15(13)7-12/h1-8H,9H2. The molecule has 0 atom stereocenters. The summed E-state index contributed by atoms with van der Waals surface area (Å²) < 4.78 is 11.8. The largest absolute Gasteiger partial charge is 0.489 e. The molecule has 2 aromatic carbocycles. The third-order valence-electron chi connectivity index (χ3n) is 2.98. The molecular formula is C16H10BrClO3. The van der Waals surface area contributed by atoms with Gasteiger partial charge in [-0.25, -0.2) is 4.79 Å². The molecule has 0 bridgehead atoms. The lowest BCUT2D eigenvalue weighted by molar-refractivity contribution is 0.306. The van der Waals surface area contributed by atoms with Crippen molar-refractivity contribution in [3.63, 3.8) is 0 Å². The lowest BCUT2D eigenvalue weighted by atomic mass is 10.2. The van der Waals surface area contributed by atoms with E-state index in [0.29, 0.717) is 28.3 Å². The zero-order chi connectivity index (χ0) is 14.8. The maximum absolute atomic E-state index is 11.3. The molecule has 21 heavy (non-hydrogen) atoms. The van der Waals surface area contributed by atoms with E-state index in [1.165, 1.54) is 6.07 Å². The lowest BCUT2D eigenvalue weighted by Gasteiger charge is -2.07. The molecule has 0 aliphatic rings. The minimum atomic E-state index is -0.474. The minimum absolute atomic E-state index is 0.376. The van der Waals surface area contributed by atoms with Crippen LogP contribution in [0.3, 0.4) is 0 Å². The Hall–Kier alpha value is -1.78. The second-order valence-corrected chi connectivity index (χ2v) is 5.81. The average Bonchev–Trinajstić information content (AvgIpc) is 2.46. The van der Waals surface area contributed by atoms with Gasteiger partial charge in [-0.3, -0.25) is 0 Å². The van der Waals surface area contributed by atoms with Crippen molar-refractivity contribution in [3.8, 4) is 5.75 Å². The zero-order valence-corrected chi connectivity index (χ0v) is 13.1. The van der Waals surface area contributed by atoms with Crippen molar-refractivity contribution in [1.82, 2.24) is 0 Å². The molecule has 1 heterocycles. The molecule has 0 amide bonds. The summed E-state index contributed by atoms with van der Waals surface area (Å²) in [5.41, 5.74) is 0.990. The quantitative estimate of drug-likeness (QED) is 0.627. The molecule has 0 fully saturated rings. The molecule has 0 N–H and O–H groups in total. The summed E-state index contributed by atoms with van der Waals surface area (Å²) in [4.78, 5) is 11.3. The van der Waals surface area contributed by atoms with Crippen LogP contribution in [0.2, 0.25) is 5.02 Å². The Morgan fingerprint density at radius 2 is 1.86 bits per heavy atom. The Labute approximate surface area is 134 Å². The first-order valence-corrected chi connectivity index (χ1v) is 7.39. The van der Waals surface area contributed by atoms with Crippen molar-refractivity contribution in [3.05, 3.63) is 74.0 Å². The van der Waals surface area contributed by atoms with Crippen molar-refractivity contribution in [2.45, 2.75) is 6.61 Å². The average molecular weight is 366 g/mol. The van der Waals surface area contributed by atoms with Crippen LogP contribution in [0, 0.1) is 0 Å². The predicted molar refractivity (Wildman–Crippen MR) is 86.0 cm³/mol. The van der Waals surface area contributed by atoms with Crippen LogP contribution >= 0.6 is 27.5 Å². The van der Waals surface area contributed by atoms with Gasteiger partial charge < -0.3 is 9.15 Å². The van der Waals surface area contributed by atoms with Gasteiger partial charge in [-0.05, 0) is 29.8 Å². The normalized spacial score (nSPS) is 10.8. The first-order valence-electron chi connectivity index (χ1n) is 6.22. The fraction of sp³-hybridized carbons (Fsp3) is 0.0625. The Bertz CT molecular complexity index is 840. The van der Waals surface area contributed by atoms with E-state index in [2.05, 4.69) is 15.9 Å². The number of fused-ring (bicyclic) bond motifs is 1. The molecule has 0 aliphatic heterocycles. The molecule has 0 aliphatic carbocycles. The number of halogens is 2. The van der Waals surface area contributed by atoms with Gasteiger partial charge in [0.05, 0.1) is 5.02 Å². The number of hydrogen-bond donors (Lipinski definition) is 0. The molecule has 5 heteroatoms. The van der Waals surface area contributed by atoms with Crippen molar-refractivity contribution in [1.29, 1.82) is 0 Å². The number of rotatable bonds is 3. The highest BCUT2D eigenvalue weighted by Crippen LogP contribution is 2.26. The summed E-state index contributed by atoms with van der Waals surface area (Å²) in [6.45, 7) is 0.434. The monoisotopic (exact) mass is 364 g/mol. The maximum atomic E-state index is 11.3. The molecule has 3 rings (SSSR count). The molecule has 3 nitrogen and oxygen atoms in total. The topological polar surface area (TPSA) is 39.4 Å². The van der Waals surface area contributed by atoms with E-state index in [9.17, 15) is 4.79 Å². The van der Waals surface area contributed by atoms with Gasteiger partial charge in [0.1, 0.15) is 17.9 Å². The molecule has 0 saturated heterocycles. The van der Waals surface area contributed by atoms with Crippen LogP contribution < -0.4 is 10.4 Å². The smallest absolute Gasteiger partial charge is 0.337 e. The Balaban J connectivity index is 1.84.